The summed E-state index contributed by atoms with van der Waals surface area (Å²) >= 11 is 0. The maximum Gasteiger partial charge on any atom is 0.142 e. The molecule has 8 heteroatoms. The van der Waals surface area contributed by atoms with E-state index < -0.39 is 0 Å². The van der Waals surface area contributed by atoms with E-state index in [2.05, 4.69) is 9.97 Å². The minimum Gasteiger partial charge on any atom is -0.506 e. The molecule has 0 atom stereocenters. The van der Waals surface area contributed by atoms with E-state index in [0.717, 1.165) is 22.3 Å². The third-order valence-corrected chi connectivity index (χ3v) is 6.18. The summed E-state index contributed by atoms with van der Waals surface area (Å²) in [5, 5.41) is 20.4. The summed E-state index contributed by atoms with van der Waals surface area (Å²) in [7, 11) is 6.52. The van der Waals surface area contributed by atoms with E-state index in [9.17, 15) is 10.2 Å². The van der Waals surface area contributed by atoms with Crippen LogP contribution in [0.25, 0.3) is 0 Å². The molecule has 0 saturated carbocycles. The standard InChI is InChI=1S/C18H24N2O4S2/c1-11-17(21)15(7-23-3)13(5-19-11)9-25-26-10-14-6-20-12(2)18(22)16(14)8-24-4/h5-6,21-22H,7-10H2,1-4H3. The van der Waals surface area contributed by atoms with Crippen LogP contribution in [0.1, 0.15) is 33.6 Å². The van der Waals surface area contributed by atoms with E-state index >= 15 is 0 Å². The fourth-order valence-corrected chi connectivity index (χ4v) is 4.62. The van der Waals surface area contributed by atoms with Gasteiger partial charge in [-0.05, 0) is 25.0 Å². The van der Waals surface area contributed by atoms with Crippen molar-refractivity contribution in [2.45, 2.75) is 38.6 Å². The predicted octanol–water partition coefficient (Wildman–Crippen LogP) is 3.88. The van der Waals surface area contributed by atoms with Gasteiger partial charge in [-0.25, -0.2) is 0 Å². The maximum atomic E-state index is 10.2. The quantitative estimate of drug-likeness (QED) is 0.488. The van der Waals surface area contributed by atoms with E-state index in [4.69, 9.17) is 9.47 Å². The highest BCUT2D eigenvalue weighted by Crippen LogP contribution is 2.35. The Morgan fingerprint density at radius 1 is 0.808 bits per heavy atom. The highest BCUT2D eigenvalue weighted by molar-refractivity contribution is 8.76. The van der Waals surface area contributed by atoms with Crippen LogP contribution >= 0.6 is 21.6 Å². The summed E-state index contributed by atoms with van der Waals surface area (Å²) in [6.07, 6.45) is 3.57. The number of pyridine rings is 2. The number of aryl methyl sites for hydroxylation is 2. The van der Waals surface area contributed by atoms with Crippen LogP contribution in [0.2, 0.25) is 0 Å². The summed E-state index contributed by atoms with van der Waals surface area (Å²) < 4.78 is 10.4. The van der Waals surface area contributed by atoms with E-state index in [-0.39, 0.29) is 11.5 Å². The monoisotopic (exact) mass is 396 g/mol. The van der Waals surface area contributed by atoms with Gasteiger partial charge in [0.1, 0.15) is 11.5 Å². The normalized spacial score (nSPS) is 11.1. The van der Waals surface area contributed by atoms with Gasteiger partial charge in [-0.1, -0.05) is 21.6 Å². The van der Waals surface area contributed by atoms with Crippen LogP contribution < -0.4 is 0 Å². The highest BCUT2D eigenvalue weighted by atomic mass is 33.1. The molecule has 26 heavy (non-hydrogen) atoms. The number of aromatic hydroxyl groups is 2. The molecule has 2 aromatic heterocycles. The van der Waals surface area contributed by atoms with Gasteiger partial charge in [0.2, 0.25) is 0 Å². The lowest BCUT2D eigenvalue weighted by molar-refractivity contribution is 0.181. The van der Waals surface area contributed by atoms with Crippen LogP contribution in [0.3, 0.4) is 0 Å². The third-order valence-electron chi connectivity index (χ3n) is 3.95. The number of hydrogen-bond acceptors (Lipinski definition) is 8. The summed E-state index contributed by atoms with van der Waals surface area (Å²) in [4.78, 5) is 8.46. The first-order chi connectivity index (χ1) is 12.5. The molecule has 0 radical (unpaired) electrons. The molecule has 0 aromatic carbocycles. The van der Waals surface area contributed by atoms with Crippen molar-refractivity contribution in [1.82, 2.24) is 9.97 Å². The minimum absolute atomic E-state index is 0.199. The van der Waals surface area contributed by atoms with Crippen molar-refractivity contribution in [3.8, 4) is 11.5 Å². The molecule has 0 aliphatic rings. The second-order valence-corrected chi connectivity index (χ2v) is 8.25. The summed E-state index contributed by atoms with van der Waals surface area (Å²) in [5.41, 5.74) is 4.67. The van der Waals surface area contributed by atoms with Crippen LogP contribution in [-0.4, -0.2) is 34.4 Å². The molecule has 0 bridgehead atoms. The minimum atomic E-state index is 0.199. The Kier molecular flexibility index (Phi) is 8.02. The Balaban J connectivity index is 2.02. The maximum absolute atomic E-state index is 10.2. The Labute approximate surface area is 161 Å². The Bertz CT molecular complexity index is 693. The average Bonchev–Trinajstić information content (AvgIpc) is 2.63. The number of rotatable bonds is 9. The predicted molar refractivity (Wildman–Crippen MR) is 105 cm³/mol. The molecule has 0 aliphatic carbocycles. The fourth-order valence-electron chi connectivity index (χ4n) is 2.44. The lowest BCUT2D eigenvalue weighted by atomic mass is 10.1. The molecule has 0 unspecified atom stereocenters. The van der Waals surface area contributed by atoms with Crippen molar-refractivity contribution in [2.75, 3.05) is 14.2 Å². The van der Waals surface area contributed by atoms with Gasteiger partial charge in [-0.2, -0.15) is 0 Å². The zero-order valence-corrected chi connectivity index (χ0v) is 17.0. The van der Waals surface area contributed by atoms with Crippen LogP contribution in [0.15, 0.2) is 12.4 Å². The van der Waals surface area contributed by atoms with Gasteiger partial charge in [0.15, 0.2) is 0 Å². The zero-order valence-electron chi connectivity index (χ0n) is 15.4. The fraction of sp³-hybridized carbons (Fsp3) is 0.444. The Morgan fingerprint density at radius 3 is 1.54 bits per heavy atom. The molecule has 0 spiro atoms. The lowest BCUT2D eigenvalue weighted by Crippen LogP contribution is -2.00. The first-order valence-corrected chi connectivity index (χ1v) is 10.5. The van der Waals surface area contributed by atoms with Gasteiger partial charge in [0, 0.05) is 49.2 Å². The molecular formula is C18H24N2O4S2. The molecule has 0 fully saturated rings. The third kappa shape index (κ3) is 5.03. The Morgan fingerprint density at radius 2 is 1.19 bits per heavy atom. The molecule has 2 aromatic rings. The summed E-state index contributed by atoms with van der Waals surface area (Å²) in [6.45, 7) is 4.25. The van der Waals surface area contributed by atoms with Crippen molar-refractivity contribution in [3.63, 3.8) is 0 Å². The first kappa shape index (κ1) is 20.8. The zero-order chi connectivity index (χ0) is 19.1. The van der Waals surface area contributed by atoms with Crippen LogP contribution in [0.4, 0.5) is 0 Å². The van der Waals surface area contributed by atoms with E-state index in [1.807, 2.05) is 0 Å². The number of nitrogens with zero attached hydrogens (tertiary/aromatic N) is 2. The van der Waals surface area contributed by atoms with E-state index in [1.165, 1.54) is 0 Å². The Hall–Kier alpha value is -1.48. The van der Waals surface area contributed by atoms with Crippen molar-refractivity contribution in [2.24, 2.45) is 0 Å². The topological polar surface area (TPSA) is 84.7 Å². The van der Waals surface area contributed by atoms with Crippen LogP contribution in [0.5, 0.6) is 11.5 Å². The number of ether oxygens (including phenoxy) is 2. The first-order valence-electron chi connectivity index (χ1n) is 8.04. The SMILES string of the molecule is COCc1c(CSSCc2cnc(C)c(O)c2COC)cnc(C)c1O. The van der Waals surface area contributed by atoms with Gasteiger partial charge in [0.25, 0.3) is 0 Å². The van der Waals surface area contributed by atoms with Crippen molar-refractivity contribution in [1.29, 1.82) is 0 Å². The second-order valence-electron chi connectivity index (χ2n) is 5.78. The van der Waals surface area contributed by atoms with Gasteiger partial charge in [-0.15, -0.1) is 0 Å². The summed E-state index contributed by atoms with van der Waals surface area (Å²) in [5.74, 6) is 1.78. The number of methoxy groups -OCH3 is 2. The number of hydrogen-bond donors (Lipinski definition) is 2. The smallest absolute Gasteiger partial charge is 0.142 e. The van der Waals surface area contributed by atoms with Crippen molar-refractivity contribution in [3.05, 3.63) is 46.0 Å². The van der Waals surface area contributed by atoms with E-state index in [1.54, 1.807) is 62.0 Å². The molecule has 2 heterocycles. The van der Waals surface area contributed by atoms with Crippen LogP contribution in [0, 0.1) is 13.8 Å². The van der Waals surface area contributed by atoms with Crippen molar-refractivity contribution < 1.29 is 19.7 Å². The van der Waals surface area contributed by atoms with Crippen LogP contribution in [-0.2, 0) is 34.2 Å². The van der Waals surface area contributed by atoms with Gasteiger partial charge < -0.3 is 19.7 Å². The van der Waals surface area contributed by atoms with Gasteiger partial charge >= 0.3 is 0 Å². The lowest BCUT2D eigenvalue weighted by Gasteiger charge is -2.13. The molecular weight excluding hydrogens is 372 g/mol. The molecule has 0 saturated heterocycles. The summed E-state index contributed by atoms with van der Waals surface area (Å²) in [6, 6.07) is 0. The molecule has 2 rings (SSSR count). The molecule has 142 valence electrons. The van der Waals surface area contributed by atoms with Gasteiger partial charge in [-0.3, -0.25) is 9.97 Å². The highest BCUT2D eigenvalue weighted by Gasteiger charge is 2.14. The largest absolute Gasteiger partial charge is 0.506 e. The van der Waals surface area contributed by atoms with Crippen molar-refractivity contribution >= 4 is 21.6 Å². The number of aromatic nitrogens is 2. The molecule has 0 amide bonds. The van der Waals surface area contributed by atoms with Gasteiger partial charge in [0.05, 0.1) is 24.6 Å². The van der Waals surface area contributed by atoms with E-state index in [0.29, 0.717) is 36.1 Å². The second kappa shape index (κ2) is 10.0. The molecule has 2 N–H and O–H groups in total. The average molecular weight is 397 g/mol. The molecule has 0 aliphatic heterocycles. The molecule has 6 nitrogen and oxygen atoms in total.